The molecule has 0 saturated carbocycles. The lowest BCUT2D eigenvalue weighted by Crippen LogP contribution is -2.54. The van der Waals surface area contributed by atoms with Gasteiger partial charge in [-0.1, -0.05) is 29.5 Å². The molecule has 36 heavy (non-hydrogen) atoms. The molecule has 1 aromatic heterocycles. The molecule has 1 aromatic carbocycles. The largest absolute Gasteiger partial charge is 0.436 e. The van der Waals surface area contributed by atoms with Crippen LogP contribution in [-0.4, -0.2) is 78.2 Å². The highest BCUT2D eigenvalue weighted by Gasteiger charge is 2.47. The van der Waals surface area contributed by atoms with Gasteiger partial charge in [0.15, 0.2) is 15.6 Å². The number of rotatable bonds is 8. The van der Waals surface area contributed by atoms with Gasteiger partial charge in [-0.05, 0) is 25.3 Å². The predicted octanol–water partition coefficient (Wildman–Crippen LogP) is 1.84. The molecule has 3 N–H and O–H groups in total. The standard InChI is InChI=1S/C23H25F3N6O3S/c1-31-8-10-32(11-9-31)13-18(33)28-23(12-14(19(27)34)6-7-17(23)35-22(25)26)21-30-29-20(36-21)15-4-2-3-5-16(15)24/h2-7,22H,8-13H2,1H3,(H2,27,34)(H,28,33). The molecule has 9 nitrogen and oxygen atoms in total. The van der Waals surface area contributed by atoms with Gasteiger partial charge in [0.2, 0.25) is 11.8 Å². The van der Waals surface area contributed by atoms with E-state index >= 15 is 0 Å². The van der Waals surface area contributed by atoms with Crippen LogP contribution in [0, 0.1) is 5.82 Å². The van der Waals surface area contributed by atoms with Crippen molar-refractivity contribution in [3.05, 3.63) is 58.6 Å². The maximum Gasteiger partial charge on any atom is 0.387 e. The predicted molar refractivity (Wildman–Crippen MR) is 126 cm³/mol. The highest BCUT2D eigenvalue weighted by molar-refractivity contribution is 7.14. The molecule has 2 amide bonds. The first-order chi connectivity index (χ1) is 17.2. The Bertz CT molecular complexity index is 1200. The monoisotopic (exact) mass is 522 g/mol. The smallest absolute Gasteiger partial charge is 0.387 e. The fraction of sp³-hybridized carbons (Fsp3) is 0.391. The number of ether oxygens (including phenoxy) is 1. The van der Waals surface area contributed by atoms with Crippen molar-refractivity contribution in [3.8, 4) is 10.6 Å². The number of likely N-dealkylation sites (N-methyl/N-ethyl adjacent to an activating group) is 1. The van der Waals surface area contributed by atoms with Crippen LogP contribution in [0.25, 0.3) is 10.6 Å². The van der Waals surface area contributed by atoms with E-state index in [1.807, 2.05) is 11.9 Å². The van der Waals surface area contributed by atoms with Crippen molar-refractivity contribution in [2.45, 2.75) is 18.6 Å². The summed E-state index contributed by atoms with van der Waals surface area (Å²) < 4.78 is 46.0. The zero-order valence-corrected chi connectivity index (χ0v) is 20.2. The van der Waals surface area contributed by atoms with Gasteiger partial charge in [0.1, 0.15) is 11.6 Å². The number of amides is 2. The van der Waals surface area contributed by atoms with Crippen molar-refractivity contribution < 1.29 is 27.5 Å². The average Bonchev–Trinajstić information content (AvgIpc) is 3.32. The number of nitrogens with zero attached hydrogens (tertiary/aromatic N) is 4. The molecular formula is C23H25F3N6O3S. The SMILES string of the molecule is CN1CCN(CC(=O)NC2(c3nnc(-c4ccccc4F)s3)CC(C(N)=O)=CC=C2OC(F)F)CC1. The molecular weight excluding hydrogens is 497 g/mol. The number of piperazine rings is 1. The number of primary amides is 1. The van der Waals surface area contributed by atoms with Crippen LogP contribution in [0.2, 0.25) is 0 Å². The Labute approximate surface area is 209 Å². The van der Waals surface area contributed by atoms with Gasteiger partial charge in [0, 0.05) is 43.7 Å². The van der Waals surface area contributed by atoms with E-state index in [1.54, 1.807) is 6.07 Å². The van der Waals surface area contributed by atoms with Crippen LogP contribution < -0.4 is 11.1 Å². The molecule has 4 rings (SSSR count). The summed E-state index contributed by atoms with van der Waals surface area (Å²) in [4.78, 5) is 29.3. The molecule has 13 heteroatoms. The van der Waals surface area contributed by atoms with Crippen LogP contribution in [0.15, 0.2) is 47.7 Å². The molecule has 1 unspecified atom stereocenters. The maximum absolute atomic E-state index is 14.4. The van der Waals surface area contributed by atoms with E-state index in [1.165, 1.54) is 24.3 Å². The highest BCUT2D eigenvalue weighted by Crippen LogP contribution is 2.43. The van der Waals surface area contributed by atoms with E-state index in [0.717, 1.165) is 30.5 Å². The van der Waals surface area contributed by atoms with Crippen molar-refractivity contribution in [2.75, 3.05) is 39.8 Å². The summed E-state index contributed by atoms with van der Waals surface area (Å²) in [6, 6.07) is 5.89. The molecule has 1 atom stereocenters. The fourth-order valence-corrected chi connectivity index (χ4v) is 5.14. The minimum absolute atomic E-state index is 0.00780. The van der Waals surface area contributed by atoms with Crippen LogP contribution in [0.5, 0.6) is 0 Å². The van der Waals surface area contributed by atoms with Gasteiger partial charge in [-0.2, -0.15) is 8.78 Å². The van der Waals surface area contributed by atoms with Gasteiger partial charge in [-0.25, -0.2) is 4.39 Å². The summed E-state index contributed by atoms with van der Waals surface area (Å²) >= 11 is 0.896. The van der Waals surface area contributed by atoms with Crippen molar-refractivity contribution in [3.63, 3.8) is 0 Å². The fourth-order valence-electron chi connectivity index (χ4n) is 4.12. The number of carbonyl (C=O) groups excluding carboxylic acids is 2. The normalized spacial score (nSPS) is 21.1. The molecule has 0 bridgehead atoms. The third-order valence-corrected chi connectivity index (χ3v) is 7.17. The van der Waals surface area contributed by atoms with Crippen LogP contribution in [-0.2, 0) is 19.9 Å². The highest BCUT2D eigenvalue weighted by atomic mass is 32.1. The van der Waals surface area contributed by atoms with E-state index in [2.05, 4.69) is 20.4 Å². The Morgan fingerprint density at radius 3 is 2.58 bits per heavy atom. The number of carbonyl (C=O) groups is 2. The number of alkyl halides is 2. The molecule has 1 fully saturated rings. The quantitative estimate of drug-likeness (QED) is 0.544. The molecule has 2 heterocycles. The molecule has 1 saturated heterocycles. The Hall–Kier alpha value is -3.29. The van der Waals surface area contributed by atoms with Crippen LogP contribution in [0.3, 0.4) is 0 Å². The van der Waals surface area contributed by atoms with E-state index in [9.17, 15) is 22.8 Å². The van der Waals surface area contributed by atoms with Gasteiger partial charge < -0.3 is 20.7 Å². The Kier molecular flexibility index (Phi) is 7.71. The van der Waals surface area contributed by atoms with Gasteiger partial charge >= 0.3 is 6.61 Å². The zero-order valence-electron chi connectivity index (χ0n) is 19.4. The third kappa shape index (κ3) is 5.58. The molecule has 192 valence electrons. The Morgan fingerprint density at radius 1 is 1.19 bits per heavy atom. The summed E-state index contributed by atoms with van der Waals surface area (Å²) in [5, 5.41) is 11.1. The second-order valence-electron chi connectivity index (χ2n) is 8.57. The molecule has 0 spiro atoms. The van der Waals surface area contributed by atoms with E-state index in [-0.39, 0.29) is 39.9 Å². The lowest BCUT2D eigenvalue weighted by atomic mass is 9.84. The summed E-state index contributed by atoms with van der Waals surface area (Å²) in [6.45, 7) is -0.380. The van der Waals surface area contributed by atoms with Crippen molar-refractivity contribution in [1.82, 2.24) is 25.3 Å². The lowest BCUT2D eigenvalue weighted by molar-refractivity contribution is -0.130. The summed E-state index contributed by atoms with van der Waals surface area (Å²) in [5.74, 6) is -2.16. The number of hydrogen-bond acceptors (Lipinski definition) is 8. The Morgan fingerprint density at radius 2 is 1.92 bits per heavy atom. The first kappa shape index (κ1) is 25.8. The molecule has 1 aliphatic carbocycles. The summed E-state index contributed by atoms with van der Waals surface area (Å²) in [6.07, 6.45) is 2.14. The van der Waals surface area contributed by atoms with Gasteiger partial charge in [0.05, 0.1) is 6.54 Å². The number of benzene rings is 1. The minimum Gasteiger partial charge on any atom is -0.436 e. The third-order valence-electron chi connectivity index (χ3n) is 6.05. The van der Waals surface area contributed by atoms with E-state index in [4.69, 9.17) is 10.5 Å². The topological polar surface area (TPSA) is 114 Å². The molecule has 1 aliphatic heterocycles. The van der Waals surface area contributed by atoms with Gasteiger partial charge in [0.25, 0.3) is 0 Å². The summed E-state index contributed by atoms with van der Waals surface area (Å²) in [5.41, 5.74) is 3.92. The second-order valence-corrected chi connectivity index (χ2v) is 9.55. The van der Waals surface area contributed by atoms with Crippen LogP contribution >= 0.6 is 11.3 Å². The first-order valence-corrected chi connectivity index (χ1v) is 12.0. The zero-order chi connectivity index (χ0) is 25.9. The number of hydrogen-bond donors (Lipinski definition) is 2. The number of nitrogens with one attached hydrogen (secondary N) is 1. The lowest BCUT2D eigenvalue weighted by Gasteiger charge is -2.37. The molecule has 2 aromatic rings. The number of nitrogens with two attached hydrogens (primary N) is 1. The molecule has 0 radical (unpaired) electrons. The Balaban J connectivity index is 1.72. The second kappa shape index (κ2) is 10.8. The minimum atomic E-state index is -3.22. The first-order valence-electron chi connectivity index (χ1n) is 11.1. The van der Waals surface area contributed by atoms with E-state index < -0.39 is 29.8 Å². The number of aromatic nitrogens is 2. The number of allylic oxidation sites excluding steroid dienone is 2. The van der Waals surface area contributed by atoms with E-state index in [0.29, 0.717) is 13.1 Å². The van der Waals surface area contributed by atoms with Crippen LogP contribution in [0.4, 0.5) is 13.2 Å². The number of halogens is 3. The van der Waals surface area contributed by atoms with Crippen molar-refractivity contribution in [2.24, 2.45) is 5.73 Å². The maximum atomic E-state index is 14.4. The molecule has 2 aliphatic rings. The van der Waals surface area contributed by atoms with Gasteiger partial charge in [-0.3, -0.25) is 14.5 Å². The van der Waals surface area contributed by atoms with Crippen LogP contribution in [0.1, 0.15) is 11.4 Å². The van der Waals surface area contributed by atoms with Crippen molar-refractivity contribution >= 4 is 23.2 Å². The van der Waals surface area contributed by atoms with Gasteiger partial charge in [-0.15, -0.1) is 10.2 Å². The van der Waals surface area contributed by atoms with Crippen molar-refractivity contribution in [1.29, 1.82) is 0 Å². The average molecular weight is 523 g/mol. The summed E-state index contributed by atoms with van der Waals surface area (Å²) in [7, 11) is 1.98.